The highest BCUT2D eigenvalue weighted by Gasteiger charge is 2.32. The molecule has 116 valence electrons. The number of nitrogen functional groups attached to an aromatic ring is 1. The average molecular weight is 378 g/mol. The van der Waals surface area contributed by atoms with Crippen LogP contribution in [0, 0.1) is 0 Å². The molecular weight excluding hydrogens is 362 g/mol. The van der Waals surface area contributed by atoms with Crippen LogP contribution in [0.3, 0.4) is 0 Å². The maximum absolute atomic E-state index is 12.4. The summed E-state index contributed by atoms with van der Waals surface area (Å²) in [6.07, 6.45) is 0. The first-order valence-electron chi connectivity index (χ1n) is 6.07. The maximum Gasteiger partial charge on any atom is 0.321 e. The molecule has 7 nitrogen and oxygen atoms in total. The predicted molar refractivity (Wildman–Crippen MR) is 82.4 cm³/mol. The monoisotopic (exact) mass is 377 g/mol. The Bertz CT molecular complexity index is 660. The van der Waals surface area contributed by atoms with Gasteiger partial charge in [0.25, 0.3) is 0 Å². The topological polar surface area (TPSA) is 118 Å². The van der Waals surface area contributed by atoms with Gasteiger partial charge in [-0.05, 0) is 32.0 Å². The minimum absolute atomic E-state index is 0.0378. The number of nitrogens with two attached hydrogens (primary N) is 1. The molecule has 0 bridgehead atoms. The summed E-state index contributed by atoms with van der Waals surface area (Å²) in [5, 5.41) is 2.87. The highest BCUT2D eigenvalue weighted by atomic mass is 79.9. The van der Waals surface area contributed by atoms with Crippen molar-refractivity contribution >= 4 is 43.4 Å². The van der Waals surface area contributed by atoms with E-state index in [1.165, 1.54) is 19.1 Å². The van der Waals surface area contributed by atoms with Crippen molar-refractivity contribution in [1.29, 1.82) is 0 Å². The first-order chi connectivity index (χ1) is 9.70. The van der Waals surface area contributed by atoms with Crippen LogP contribution in [-0.2, 0) is 14.6 Å². The minimum atomic E-state index is -4.00. The molecule has 0 aliphatic heterocycles. The van der Waals surface area contributed by atoms with Crippen molar-refractivity contribution in [3.63, 3.8) is 0 Å². The fraction of sp³-hybridized carbons (Fsp3) is 0.333. The molecule has 1 rings (SSSR count). The number of hydrogen-bond acceptors (Lipinski definition) is 5. The lowest BCUT2D eigenvalue weighted by Crippen LogP contribution is -2.45. The number of benzene rings is 1. The lowest BCUT2D eigenvalue weighted by Gasteiger charge is -2.14. The highest BCUT2D eigenvalue weighted by Crippen LogP contribution is 2.26. The number of sulfone groups is 1. The third kappa shape index (κ3) is 4.18. The Labute approximate surface area is 131 Å². The average Bonchev–Trinajstić information content (AvgIpc) is 2.40. The summed E-state index contributed by atoms with van der Waals surface area (Å²) < 4.78 is 25.3. The Hall–Kier alpha value is -1.61. The van der Waals surface area contributed by atoms with E-state index in [1.807, 2.05) is 5.32 Å². The van der Waals surface area contributed by atoms with Gasteiger partial charge in [0.15, 0.2) is 9.84 Å². The second-order valence-corrected chi connectivity index (χ2v) is 7.37. The van der Waals surface area contributed by atoms with Crippen LogP contribution in [0.2, 0.25) is 0 Å². The smallest absolute Gasteiger partial charge is 0.321 e. The number of carbonyl (C=O) groups excluding carboxylic acids is 2. The first kappa shape index (κ1) is 17.4. The Morgan fingerprint density at radius 3 is 2.57 bits per heavy atom. The van der Waals surface area contributed by atoms with E-state index >= 15 is 0 Å². The van der Waals surface area contributed by atoms with Crippen molar-refractivity contribution in [3.8, 4) is 0 Å². The number of amides is 3. The third-order valence-corrected chi connectivity index (χ3v) is 5.30. The molecule has 0 saturated carbocycles. The Morgan fingerprint density at radius 1 is 1.38 bits per heavy atom. The standard InChI is InChI=1S/C12H16BrN3O4S/c1-3-15-12(18)16-11(17)7(2)21(19,20)10-6-8(13)4-5-9(10)14/h4-7H,3,14H2,1-2H3,(H2,15,16,17,18). The van der Waals surface area contributed by atoms with Crippen molar-refractivity contribution in [2.75, 3.05) is 12.3 Å². The summed E-state index contributed by atoms with van der Waals surface area (Å²) in [5.74, 6) is -0.916. The number of rotatable bonds is 4. The molecule has 1 unspecified atom stereocenters. The largest absolute Gasteiger partial charge is 0.398 e. The first-order valence-corrected chi connectivity index (χ1v) is 8.41. The van der Waals surface area contributed by atoms with Gasteiger partial charge in [0.1, 0.15) is 5.25 Å². The normalized spacial score (nSPS) is 12.5. The molecule has 1 aromatic carbocycles. The fourth-order valence-corrected chi connectivity index (χ4v) is 3.43. The van der Waals surface area contributed by atoms with Crippen LogP contribution in [-0.4, -0.2) is 32.2 Å². The van der Waals surface area contributed by atoms with Crippen LogP contribution in [0.15, 0.2) is 27.6 Å². The molecule has 21 heavy (non-hydrogen) atoms. The van der Waals surface area contributed by atoms with E-state index in [2.05, 4.69) is 21.2 Å². The molecule has 4 N–H and O–H groups in total. The van der Waals surface area contributed by atoms with E-state index in [0.717, 1.165) is 0 Å². The zero-order chi connectivity index (χ0) is 16.2. The van der Waals surface area contributed by atoms with Gasteiger partial charge < -0.3 is 11.1 Å². The van der Waals surface area contributed by atoms with Gasteiger partial charge in [0.2, 0.25) is 5.91 Å². The van der Waals surface area contributed by atoms with E-state index in [9.17, 15) is 18.0 Å². The number of hydrogen-bond donors (Lipinski definition) is 3. The number of imide groups is 1. The molecule has 9 heteroatoms. The molecule has 0 radical (unpaired) electrons. The van der Waals surface area contributed by atoms with E-state index in [1.54, 1.807) is 13.0 Å². The van der Waals surface area contributed by atoms with Gasteiger partial charge in [-0.2, -0.15) is 0 Å². The Morgan fingerprint density at radius 2 is 2.00 bits per heavy atom. The summed E-state index contributed by atoms with van der Waals surface area (Å²) >= 11 is 3.15. The van der Waals surface area contributed by atoms with E-state index in [0.29, 0.717) is 11.0 Å². The van der Waals surface area contributed by atoms with E-state index < -0.39 is 27.0 Å². The summed E-state index contributed by atoms with van der Waals surface area (Å²) in [4.78, 5) is 23.0. The van der Waals surface area contributed by atoms with Gasteiger partial charge in [-0.15, -0.1) is 0 Å². The van der Waals surface area contributed by atoms with Gasteiger partial charge >= 0.3 is 6.03 Å². The lowest BCUT2D eigenvalue weighted by molar-refractivity contribution is -0.119. The minimum Gasteiger partial charge on any atom is -0.398 e. The number of carbonyl (C=O) groups is 2. The number of nitrogens with one attached hydrogen (secondary N) is 2. The van der Waals surface area contributed by atoms with Crippen LogP contribution >= 0.6 is 15.9 Å². The third-order valence-electron chi connectivity index (χ3n) is 2.69. The molecule has 1 aromatic rings. The zero-order valence-corrected chi connectivity index (χ0v) is 13.9. The SMILES string of the molecule is CCNC(=O)NC(=O)C(C)S(=O)(=O)c1cc(Br)ccc1N. The van der Waals surface area contributed by atoms with Gasteiger partial charge in [-0.3, -0.25) is 10.1 Å². The number of halogens is 1. The lowest BCUT2D eigenvalue weighted by atomic mass is 10.3. The van der Waals surface area contributed by atoms with Crippen LogP contribution < -0.4 is 16.4 Å². The molecule has 0 aliphatic carbocycles. The summed E-state index contributed by atoms with van der Waals surface area (Å²) in [5.41, 5.74) is 5.69. The van der Waals surface area contributed by atoms with Crippen molar-refractivity contribution in [3.05, 3.63) is 22.7 Å². The van der Waals surface area contributed by atoms with Gasteiger partial charge in [-0.25, -0.2) is 13.2 Å². The maximum atomic E-state index is 12.4. The Kier molecular flexibility index (Phi) is 5.73. The molecule has 0 aliphatic rings. The van der Waals surface area contributed by atoms with Crippen LogP contribution in [0.5, 0.6) is 0 Å². The quantitative estimate of drug-likeness (QED) is 0.677. The number of urea groups is 1. The summed E-state index contributed by atoms with van der Waals surface area (Å²) in [6, 6.07) is 3.59. The molecular formula is C12H16BrN3O4S. The second kappa shape index (κ2) is 6.90. The van der Waals surface area contributed by atoms with Crippen LogP contribution in [0.4, 0.5) is 10.5 Å². The molecule has 3 amide bonds. The van der Waals surface area contributed by atoms with Crippen molar-refractivity contribution < 1.29 is 18.0 Å². The van der Waals surface area contributed by atoms with Crippen molar-refractivity contribution in [2.45, 2.75) is 24.0 Å². The van der Waals surface area contributed by atoms with Crippen molar-refractivity contribution in [1.82, 2.24) is 10.6 Å². The molecule has 0 saturated heterocycles. The van der Waals surface area contributed by atoms with Crippen molar-refractivity contribution in [2.24, 2.45) is 0 Å². The summed E-state index contributed by atoms with van der Waals surface area (Å²) in [6.45, 7) is 3.19. The predicted octanol–water partition coefficient (Wildman–Crippen LogP) is 1.04. The molecule has 0 fully saturated rings. The van der Waals surface area contributed by atoms with Gasteiger partial charge in [0, 0.05) is 11.0 Å². The van der Waals surface area contributed by atoms with E-state index in [4.69, 9.17) is 5.73 Å². The second-order valence-electron chi connectivity index (χ2n) is 4.22. The van der Waals surface area contributed by atoms with Gasteiger partial charge in [-0.1, -0.05) is 15.9 Å². The molecule has 0 aromatic heterocycles. The fourth-order valence-electron chi connectivity index (χ4n) is 1.50. The zero-order valence-electron chi connectivity index (χ0n) is 11.5. The Balaban J connectivity index is 3.04. The van der Waals surface area contributed by atoms with E-state index in [-0.39, 0.29) is 10.6 Å². The number of anilines is 1. The van der Waals surface area contributed by atoms with Gasteiger partial charge in [0.05, 0.1) is 10.6 Å². The molecule has 0 heterocycles. The van der Waals surface area contributed by atoms with Crippen LogP contribution in [0.1, 0.15) is 13.8 Å². The van der Waals surface area contributed by atoms with Crippen LogP contribution in [0.25, 0.3) is 0 Å². The molecule has 1 atom stereocenters. The highest BCUT2D eigenvalue weighted by molar-refractivity contribution is 9.10. The summed E-state index contributed by atoms with van der Waals surface area (Å²) in [7, 11) is -4.00. The molecule has 0 spiro atoms.